The summed E-state index contributed by atoms with van der Waals surface area (Å²) < 4.78 is 0. The molecule has 0 aromatic rings. The molecule has 1 heteroatoms. The van der Waals surface area contributed by atoms with E-state index in [-0.39, 0.29) is 0 Å². The molecule has 0 aliphatic carbocycles. The highest BCUT2D eigenvalue weighted by Crippen LogP contribution is 2.11. The first-order chi connectivity index (χ1) is 8.22. The minimum Gasteiger partial charge on any atom is -0.508 e. The first-order valence-corrected chi connectivity index (χ1v) is 7.07. The van der Waals surface area contributed by atoms with E-state index in [0.717, 1.165) is 12.0 Å². The molecule has 0 fully saturated rings. The Kier molecular flexibility index (Phi) is 11.3. The van der Waals surface area contributed by atoms with Crippen molar-refractivity contribution in [2.45, 2.75) is 71.6 Å². The number of hydrogen-bond donors (Lipinski definition) is 1. The second kappa shape index (κ2) is 11.8. The zero-order valence-electron chi connectivity index (χ0n) is 11.7. The number of hydrogen-bond acceptors (Lipinski definition) is 1. The van der Waals surface area contributed by atoms with Gasteiger partial charge in [0.05, 0.1) is 0 Å². The minimum atomic E-state index is 0.392. The fourth-order valence-corrected chi connectivity index (χ4v) is 1.78. The average Bonchev–Trinajstić information content (AvgIpc) is 2.35. The lowest BCUT2D eigenvalue weighted by molar-refractivity contribution is 0.419. The molecule has 99 valence electrons. The summed E-state index contributed by atoms with van der Waals surface area (Å²) in [4.78, 5) is 0. The summed E-state index contributed by atoms with van der Waals surface area (Å²) in [5.41, 5.74) is 0.865. The normalized spacial score (nSPS) is 13.1. The first-order valence-electron chi connectivity index (χ1n) is 7.07. The van der Waals surface area contributed by atoms with E-state index >= 15 is 0 Å². The fourth-order valence-electron chi connectivity index (χ4n) is 1.78. The van der Waals surface area contributed by atoms with Crippen LogP contribution < -0.4 is 0 Å². The van der Waals surface area contributed by atoms with Gasteiger partial charge in [0.25, 0.3) is 0 Å². The molecule has 0 rings (SSSR count). The number of unbranched alkanes of at least 4 members (excludes halogenated alkanes) is 8. The maximum absolute atomic E-state index is 9.57. The van der Waals surface area contributed by atoms with Crippen molar-refractivity contribution in [2.24, 2.45) is 0 Å². The van der Waals surface area contributed by atoms with Crippen molar-refractivity contribution < 1.29 is 5.11 Å². The maximum Gasteiger partial charge on any atom is 0.114 e. The highest BCUT2D eigenvalue weighted by atomic mass is 16.3. The van der Waals surface area contributed by atoms with Crippen LogP contribution in [0.25, 0.3) is 0 Å². The largest absolute Gasteiger partial charge is 0.508 e. The summed E-state index contributed by atoms with van der Waals surface area (Å²) in [5.74, 6) is 0.392. The molecular weight excluding hydrogens is 208 g/mol. The monoisotopic (exact) mass is 237 g/mol. The molecule has 0 bridgehead atoms. The Morgan fingerprint density at radius 3 is 2.06 bits per heavy atom. The molecule has 1 radical (unpaired) electrons. The molecule has 0 amide bonds. The van der Waals surface area contributed by atoms with Gasteiger partial charge in [0.1, 0.15) is 5.76 Å². The number of aliphatic hydroxyl groups excluding tert-OH is 1. The highest BCUT2D eigenvalue weighted by molar-refractivity contribution is 5.22. The van der Waals surface area contributed by atoms with E-state index in [0.29, 0.717) is 5.76 Å². The molecule has 0 spiro atoms. The topological polar surface area (TPSA) is 20.2 Å². The van der Waals surface area contributed by atoms with Crippen molar-refractivity contribution in [3.05, 3.63) is 30.4 Å². The van der Waals surface area contributed by atoms with Crippen molar-refractivity contribution in [1.82, 2.24) is 0 Å². The van der Waals surface area contributed by atoms with Crippen molar-refractivity contribution in [3.8, 4) is 0 Å². The van der Waals surface area contributed by atoms with Gasteiger partial charge >= 0.3 is 0 Å². The number of allylic oxidation sites excluding steroid dienone is 3. The first kappa shape index (κ1) is 16.3. The van der Waals surface area contributed by atoms with E-state index in [2.05, 4.69) is 13.8 Å². The van der Waals surface area contributed by atoms with E-state index < -0.39 is 0 Å². The molecular formula is C16H29O. The fraction of sp³-hybridized carbons (Fsp3) is 0.688. The Bertz CT molecular complexity index is 226. The molecule has 0 aliphatic rings. The van der Waals surface area contributed by atoms with Crippen LogP contribution in [0.3, 0.4) is 0 Å². The number of rotatable bonds is 10. The molecule has 0 saturated heterocycles. The summed E-state index contributed by atoms with van der Waals surface area (Å²) in [6.07, 6.45) is 15.2. The molecule has 0 heterocycles. The van der Waals surface area contributed by atoms with E-state index in [1.54, 1.807) is 6.08 Å². The van der Waals surface area contributed by atoms with Crippen LogP contribution in [0.1, 0.15) is 71.6 Å². The second-order valence-electron chi connectivity index (χ2n) is 4.74. The average molecular weight is 237 g/mol. The van der Waals surface area contributed by atoms with Crippen molar-refractivity contribution in [3.63, 3.8) is 0 Å². The van der Waals surface area contributed by atoms with Gasteiger partial charge in [-0.3, -0.25) is 0 Å². The van der Waals surface area contributed by atoms with Crippen LogP contribution in [-0.4, -0.2) is 5.11 Å². The number of aliphatic hydroxyl groups is 1. The lowest BCUT2D eigenvalue weighted by atomic mass is 10.1. The van der Waals surface area contributed by atoms with Gasteiger partial charge in [-0.25, -0.2) is 0 Å². The third-order valence-corrected chi connectivity index (χ3v) is 3.11. The van der Waals surface area contributed by atoms with Crippen LogP contribution in [0, 0.1) is 6.92 Å². The van der Waals surface area contributed by atoms with Gasteiger partial charge in [-0.2, -0.15) is 0 Å². The SMILES string of the molecule is [CH2]/C=C(C)\C(O)=C\CCCCCCCCCC. The Morgan fingerprint density at radius 2 is 1.53 bits per heavy atom. The van der Waals surface area contributed by atoms with E-state index in [1.165, 1.54) is 51.4 Å². The molecule has 0 saturated carbocycles. The summed E-state index contributed by atoms with van der Waals surface area (Å²) >= 11 is 0. The summed E-state index contributed by atoms with van der Waals surface area (Å²) in [6, 6.07) is 0. The lowest BCUT2D eigenvalue weighted by Gasteiger charge is -2.01. The van der Waals surface area contributed by atoms with Crippen LogP contribution >= 0.6 is 0 Å². The van der Waals surface area contributed by atoms with Crippen LogP contribution in [0.4, 0.5) is 0 Å². The lowest BCUT2D eigenvalue weighted by Crippen LogP contribution is -1.84. The Hall–Kier alpha value is -0.720. The van der Waals surface area contributed by atoms with Crippen LogP contribution in [-0.2, 0) is 0 Å². The zero-order chi connectivity index (χ0) is 12.9. The zero-order valence-corrected chi connectivity index (χ0v) is 11.7. The predicted molar refractivity (Wildman–Crippen MR) is 77.1 cm³/mol. The molecule has 0 aliphatic heterocycles. The van der Waals surface area contributed by atoms with Crippen molar-refractivity contribution in [2.75, 3.05) is 0 Å². The predicted octanol–water partition coefficient (Wildman–Crippen LogP) is 5.74. The highest BCUT2D eigenvalue weighted by Gasteiger charge is 1.94. The van der Waals surface area contributed by atoms with Gasteiger partial charge in [0.2, 0.25) is 0 Å². The van der Waals surface area contributed by atoms with Gasteiger partial charge in [0.15, 0.2) is 0 Å². The maximum atomic E-state index is 9.57. The Balaban J connectivity index is 3.35. The van der Waals surface area contributed by atoms with E-state index in [1.807, 2.05) is 13.0 Å². The molecule has 0 aromatic carbocycles. The molecule has 1 nitrogen and oxygen atoms in total. The van der Waals surface area contributed by atoms with Crippen LogP contribution in [0.5, 0.6) is 0 Å². The summed E-state index contributed by atoms with van der Waals surface area (Å²) in [6.45, 7) is 7.77. The van der Waals surface area contributed by atoms with Gasteiger partial charge in [-0.05, 0) is 38.3 Å². The van der Waals surface area contributed by atoms with Crippen LogP contribution in [0.2, 0.25) is 0 Å². The van der Waals surface area contributed by atoms with Crippen molar-refractivity contribution >= 4 is 0 Å². The van der Waals surface area contributed by atoms with Gasteiger partial charge in [-0.1, -0.05) is 57.9 Å². The van der Waals surface area contributed by atoms with Gasteiger partial charge in [0, 0.05) is 0 Å². The molecule has 1 N–H and O–H groups in total. The quantitative estimate of drug-likeness (QED) is 0.292. The van der Waals surface area contributed by atoms with E-state index in [4.69, 9.17) is 0 Å². The molecule has 0 aromatic heterocycles. The minimum absolute atomic E-state index is 0.392. The summed E-state index contributed by atoms with van der Waals surface area (Å²) in [5, 5.41) is 9.57. The standard InChI is InChI=1S/C16H29O/c1-4-6-7-8-9-10-11-12-13-14-16(17)15(3)5-2/h5,14,17H,2,4,6-13H2,1,3H3/b15-5-,16-14-. The molecule has 0 unspecified atom stereocenters. The molecule has 17 heavy (non-hydrogen) atoms. The molecule has 0 atom stereocenters. The smallest absolute Gasteiger partial charge is 0.114 e. The van der Waals surface area contributed by atoms with Gasteiger partial charge < -0.3 is 5.11 Å². The third kappa shape index (κ3) is 10.2. The van der Waals surface area contributed by atoms with Crippen LogP contribution in [0.15, 0.2) is 23.5 Å². The third-order valence-electron chi connectivity index (χ3n) is 3.11. The second-order valence-corrected chi connectivity index (χ2v) is 4.74. The summed E-state index contributed by atoms with van der Waals surface area (Å²) in [7, 11) is 0. The Labute approximate surface area is 108 Å². The van der Waals surface area contributed by atoms with Crippen molar-refractivity contribution in [1.29, 1.82) is 0 Å². The van der Waals surface area contributed by atoms with E-state index in [9.17, 15) is 5.11 Å². The van der Waals surface area contributed by atoms with Gasteiger partial charge in [-0.15, -0.1) is 0 Å². The Morgan fingerprint density at radius 1 is 1.00 bits per heavy atom.